The van der Waals surface area contributed by atoms with E-state index in [1.807, 2.05) is 0 Å². The van der Waals surface area contributed by atoms with Crippen LogP contribution in [-0.2, 0) is 5.41 Å². The molecule has 0 bridgehead atoms. The normalized spacial score (nSPS) is 13.6. The van der Waals surface area contributed by atoms with E-state index in [9.17, 15) is 0 Å². The summed E-state index contributed by atoms with van der Waals surface area (Å²) < 4.78 is 0. The van der Waals surface area contributed by atoms with Crippen molar-refractivity contribution in [3.8, 4) is 11.1 Å². The molecule has 0 unspecified atom stereocenters. The molecule has 0 aliphatic heterocycles. The molecule has 0 fully saturated rings. The first kappa shape index (κ1) is 23.9. The van der Waals surface area contributed by atoms with Crippen LogP contribution in [0.3, 0.4) is 0 Å². The predicted molar refractivity (Wildman–Crippen MR) is 185 cm³/mol. The maximum Gasteiger partial charge on any atom is 0.0725 e. The van der Waals surface area contributed by atoms with E-state index in [2.05, 4.69) is 169 Å². The van der Waals surface area contributed by atoms with Crippen LogP contribution in [0.5, 0.6) is 0 Å². The van der Waals surface area contributed by atoms with Gasteiger partial charge in [-0.15, -0.1) is 0 Å². The van der Waals surface area contributed by atoms with Crippen LogP contribution >= 0.6 is 0 Å². The third kappa shape index (κ3) is 2.89. The summed E-state index contributed by atoms with van der Waals surface area (Å²) in [6.45, 7) is 0. The Morgan fingerprint density at radius 3 is 1.36 bits per heavy atom. The lowest BCUT2D eigenvalue weighted by atomic mass is 9.70. The van der Waals surface area contributed by atoms with Crippen molar-refractivity contribution < 1.29 is 0 Å². The number of hydrogen-bond acceptors (Lipinski definition) is 1. The molecule has 0 N–H and O–H groups in total. The molecule has 0 atom stereocenters. The SMILES string of the molecule is c1ccc(N(c2ccccc2)c2ccc3c(c2)c2cccc4c2c2c(cccc32)C42c3ccccc3-c3ccccc32)cc1. The molecule has 8 aromatic carbocycles. The van der Waals surface area contributed by atoms with Crippen LogP contribution in [0.25, 0.3) is 43.4 Å². The second-order valence-corrected chi connectivity index (χ2v) is 12.0. The maximum absolute atomic E-state index is 2.40. The van der Waals surface area contributed by atoms with Gasteiger partial charge in [-0.2, -0.15) is 0 Å². The quantitative estimate of drug-likeness (QED) is 0.195. The van der Waals surface area contributed by atoms with Gasteiger partial charge in [-0.3, -0.25) is 0 Å². The molecule has 1 nitrogen and oxygen atoms in total. The monoisotopic (exact) mass is 557 g/mol. The van der Waals surface area contributed by atoms with Crippen molar-refractivity contribution in [3.63, 3.8) is 0 Å². The fourth-order valence-electron chi connectivity index (χ4n) is 8.41. The summed E-state index contributed by atoms with van der Waals surface area (Å²) in [5, 5.41) is 8.02. The van der Waals surface area contributed by atoms with Crippen LogP contribution in [0, 0.1) is 0 Å². The number of para-hydroxylation sites is 2. The number of hydrogen-bond donors (Lipinski definition) is 0. The Morgan fingerprint density at radius 1 is 0.318 bits per heavy atom. The number of fused-ring (bicyclic) bond motifs is 10. The number of anilines is 3. The zero-order valence-corrected chi connectivity index (χ0v) is 24.0. The number of nitrogens with zero attached hydrogens (tertiary/aromatic N) is 1. The summed E-state index contributed by atoms with van der Waals surface area (Å²) in [5.74, 6) is 0. The zero-order chi connectivity index (χ0) is 28.8. The average Bonchev–Trinajstić information content (AvgIpc) is 3.57. The van der Waals surface area contributed by atoms with Crippen LogP contribution in [0.15, 0.2) is 164 Å². The van der Waals surface area contributed by atoms with Crippen molar-refractivity contribution >= 4 is 49.4 Å². The standard InChI is InChI=1S/C43H27N/c1-3-13-28(14-4-1)44(29-15-5-2-6-16-29)30-25-26-31-34-19-11-23-39-41(34)42-35(36(31)27-30)20-12-24-40(42)43(39)37-21-9-7-17-32(37)33-18-8-10-22-38(33)43/h1-27H. The summed E-state index contributed by atoms with van der Waals surface area (Å²) in [4.78, 5) is 2.36. The molecular weight excluding hydrogens is 530 g/mol. The topological polar surface area (TPSA) is 3.24 Å². The highest BCUT2D eigenvalue weighted by atomic mass is 15.1. The van der Waals surface area contributed by atoms with Gasteiger partial charge in [-0.05, 0) is 102 Å². The zero-order valence-electron chi connectivity index (χ0n) is 24.0. The first-order valence-corrected chi connectivity index (χ1v) is 15.4. The van der Waals surface area contributed by atoms with Gasteiger partial charge in [0.05, 0.1) is 5.41 Å². The predicted octanol–water partition coefficient (Wildman–Crippen LogP) is 11.3. The first-order valence-electron chi connectivity index (χ1n) is 15.4. The minimum absolute atomic E-state index is 0.325. The average molecular weight is 558 g/mol. The minimum atomic E-state index is -0.325. The Morgan fingerprint density at radius 2 is 0.795 bits per heavy atom. The van der Waals surface area contributed by atoms with Crippen molar-refractivity contribution in [1.82, 2.24) is 0 Å². The molecule has 8 aromatic rings. The smallest absolute Gasteiger partial charge is 0.0725 e. The summed E-state index contributed by atoms with van der Waals surface area (Å²) >= 11 is 0. The van der Waals surface area contributed by atoms with E-state index < -0.39 is 0 Å². The van der Waals surface area contributed by atoms with E-state index in [1.165, 1.54) is 65.7 Å². The van der Waals surface area contributed by atoms with E-state index in [1.54, 1.807) is 0 Å². The highest BCUT2D eigenvalue weighted by Gasteiger charge is 2.50. The summed E-state index contributed by atoms with van der Waals surface area (Å²) in [5.41, 5.74) is 11.4. The summed E-state index contributed by atoms with van der Waals surface area (Å²) in [6, 6.07) is 60.5. The number of benzene rings is 8. The molecule has 0 saturated heterocycles. The van der Waals surface area contributed by atoms with Crippen molar-refractivity contribution in [2.45, 2.75) is 5.41 Å². The highest BCUT2D eigenvalue weighted by Crippen LogP contribution is 2.63. The van der Waals surface area contributed by atoms with E-state index >= 15 is 0 Å². The van der Waals surface area contributed by atoms with Crippen LogP contribution in [0.2, 0.25) is 0 Å². The molecule has 1 spiro atoms. The van der Waals surface area contributed by atoms with E-state index in [0.717, 1.165) is 17.1 Å². The minimum Gasteiger partial charge on any atom is -0.310 e. The summed E-state index contributed by atoms with van der Waals surface area (Å²) in [6.07, 6.45) is 0. The second kappa shape index (κ2) is 8.69. The molecule has 0 radical (unpaired) electrons. The maximum atomic E-state index is 2.40. The van der Waals surface area contributed by atoms with Crippen LogP contribution in [0.4, 0.5) is 17.1 Å². The van der Waals surface area contributed by atoms with Gasteiger partial charge in [0.2, 0.25) is 0 Å². The Kier molecular flexibility index (Phi) is 4.71. The van der Waals surface area contributed by atoms with Crippen LogP contribution < -0.4 is 4.90 Å². The van der Waals surface area contributed by atoms with Crippen molar-refractivity contribution in [2.75, 3.05) is 4.90 Å². The Balaban J connectivity index is 1.33. The fourth-order valence-corrected chi connectivity index (χ4v) is 8.41. The third-order valence-corrected chi connectivity index (χ3v) is 10.0. The van der Waals surface area contributed by atoms with E-state index in [0.29, 0.717) is 0 Å². The Hall–Kier alpha value is -5.66. The summed E-state index contributed by atoms with van der Waals surface area (Å²) in [7, 11) is 0. The third-order valence-electron chi connectivity index (χ3n) is 10.0. The van der Waals surface area contributed by atoms with Crippen LogP contribution in [-0.4, -0.2) is 0 Å². The second-order valence-electron chi connectivity index (χ2n) is 12.0. The van der Waals surface area contributed by atoms with Gasteiger partial charge >= 0.3 is 0 Å². The molecule has 1 heteroatoms. The molecule has 0 saturated carbocycles. The van der Waals surface area contributed by atoms with Crippen molar-refractivity contribution in [3.05, 3.63) is 186 Å². The Labute approximate surface area is 256 Å². The van der Waals surface area contributed by atoms with Gasteiger partial charge in [-0.1, -0.05) is 127 Å². The molecule has 2 aliphatic carbocycles. The Bertz CT molecular complexity index is 2350. The van der Waals surface area contributed by atoms with Gasteiger partial charge in [-0.25, -0.2) is 0 Å². The molecule has 44 heavy (non-hydrogen) atoms. The van der Waals surface area contributed by atoms with E-state index in [4.69, 9.17) is 0 Å². The molecule has 10 rings (SSSR count). The van der Waals surface area contributed by atoms with Gasteiger partial charge in [0, 0.05) is 17.1 Å². The highest BCUT2D eigenvalue weighted by molar-refractivity contribution is 6.30. The van der Waals surface area contributed by atoms with Gasteiger partial charge in [0.1, 0.15) is 0 Å². The first-order chi connectivity index (χ1) is 21.9. The molecule has 0 amide bonds. The largest absolute Gasteiger partial charge is 0.310 e. The van der Waals surface area contributed by atoms with Crippen molar-refractivity contribution in [2.24, 2.45) is 0 Å². The molecule has 0 aromatic heterocycles. The number of rotatable bonds is 3. The van der Waals surface area contributed by atoms with Gasteiger partial charge < -0.3 is 4.90 Å². The van der Waals surface area contributed by atoms with Crippen molar-refractivity contribution in [1.29, 1.82) is 0 Å². The van der Waals surface area contributed by atoms with Gasteiger partial charge in [0.25, 0.3) is 0 Å². The van der Waals surface area contributed by atoms with E-state index in [-0.39, 0.29) is 5.41 Å². The fraction of sp³-hybridized carbons (Fsp3) is 0.0233. The molecule has 204 valence electrons. The van der Waals surface area contributed by atoms with Crippen LogP contribution in [0.1, 0.15) is 22.3 Å². The molecule has 0 heterocycles. The van der Waals surface area contributed by atoms with Gasteiger partial charge in [0.15, 0.2) is 0 Å². The molecular formula is C43H27N. The molecule has 2 aliphatic rings. The lowest BCUT2D eigenvalue weighted by Crippen LogP contribution is -2.25. The lowest BCUT2D eigenvalue weighted by molar-refractivity contribution is 0.797. The lowest BCUT2D eigenvalue weighted by Gasteiger charge is -2.30.